The van der Waals surface area contributed by atoms with Gasteiger partial charge in [0.1, 0.15) is 10.3 Å². The van der Waals surface area contributed by atoms with Gasteiger partial charge in [0.2, 0.25) is 5.95 Å². The second-order valence-electron chi connectivity index (χ2n) is 3.78. The summed E-state index contributed by atoms with van der Waals surface area (Å²) >= 11 is 3.16. The van der Waals surface area contributed by atoms with Crippen LogP contribution in [0.5, 0.6) is 0 Å². The molecular weight excluding hydrogens is 310 g/mol. The maximum Gasteiger partial charge on any atom is 0.278 e. The first kappa shape index (κ1) is 11.8. The number of aromatic amines is 1. The summed E-state index contributed by atoms with van der Waals surface area (Å²) in [6.45, 7) is 0. The van der Waals surface area contributed by atoms with Crippen LogP contribution in [-0.2, 0) is 0 Å². The van der Waals surface area contributed by atoms with Crippen molar-refractivity contribution in [2.75, 3.05) is 5.32 Å². The molecule has 0 radical (unpaired) electrons. The minimum absolute atomic E-state index is 0.226. The molecule has 94 valence electrons. The van der Waals surface area contributed by atoms with Crippen LogP contribution in [0.3, 0.4) is 0 Å². The first-order valence-electron chi connectivity index (χ1n) is 5.46. The van der Waals surface area contributed by atoms with Crippen LogP contribution >= 0.6 is 15.9 Å². The number of nitrogens with one attached hydrogen (secondary N) is 2. The van der Waals surface area contributed by atoms with Crippen LogP contribution in [0.2, 0.25) is 0 Å². The van der Waals surface area contributed by atoms with Crippen molar-refractivity contribution in [3.8, 4) is 0 Å². The van der Waals surface area contributed by atoms with E-state index in [1.807, 2.05) is 24.3 Å². The predicted octanol–water partition coefficient (Wildman–Crippen LogP) is 2.37. The van der Waals surface area contributed by atoms with Crippen LogP contribution in [0, 0.1) is 0 Å². The Bertz CT molecular complexity index is 704. The van der Waals surface area contributed by atoms with E-state index in [2.05, 4.69) is 41.2 Å². The maximum atomic E-state index is 11.9. The van der Waals surface area contributed by atoms with E-state index in [9.17, 15) is 4.79 Å². The molecule has 0 unspecified atom stereocenters. The Balaban J connectivity index is 1.84. The van der Waals surface area contributed by atoms with Crippen molar-refractivity contribution < 1.29 is 4.79 Å². The number of imidazole rings is 1. The number of hydrogen-bond donors (Lipinski definition) is 2. The van der Waals surface area contributed by atoms with Crippen LogP contribution in [0.4, 0.5) is 5.95 Å². The summed E-state index contributed by atoms with van der Waals surface area (Å²) in [6, 6.07) is 7.53. The molecule has 0 atom stereocenters. The number of H-pyrrole nitrogens is 1. The quantitative estimate of drug-likeness (QED) is 0.760. The molecule has 0 spiro atoms. The zero-order chi connectivity index (χ0) is 13.2. The lowest BCUT2D eigenvalue weighted by molar-refractivity contribution is 0.102. The highest BCUT2D eigenvalue weighted by Gasteiger charge is 2.10. The smallest absolute Gasteiger partial charge is 0.278 e. The Kier molecular flexibility index (Phi) is 2.96. The second-order valence-corrected chi connectivity index (χ2v) is 4.59. The molecule has 2 heterocycles. The molecule has 0 aliphatic carbocycles. The van der Waals surface area contributed by atoms with Gasteiger partial charge in [0, 0.05) is 0 Å². The number of fused-ring (bicyclic) bond motifs is 1. The van der Waals surface area contributed by atoms with Crippen molar-refractivity contribution in [2.24, 2.45) is 0 Å². The van der Waals surface area contributed by atoms with Gasteiger partial charge in [-0.1, -0.05) is 12.1 Å². The number of halogens is 1. The third-order valence-electron chi connectivity index (χ3n) is 2.47. The van der Waals surface area contributed by atoms with Gasteiger partial charge in [-0.25, -0.2) is 15.0 Å². The lowest BCUT2D eigenvalue weighted by Crippen LogP contribution is -2.14. The molecule has 0 aliphatic heterocycles. The molecule has 1 amide bonds. The van der Waals surface area contributed by atoms with E-state index in [1.165, 1.54) is 12.4 Å². The van der Waals surface area contributed by atoms with Crippen molar-refractivity contribution >= 4 is 38.8 Å². The highest BCUT2D eigenvalue weighted by Crippen LogP contribution is 2.13. The zero-order valence-corrected chi connectivity index (χ0v) is 11.2. The molecule has 0 aliphatic rings. The number of nitrogens with zero attached hydrogens (tertiary/aromatic N) is 3. The molecule has 7 heteroatoms. The van der Waals surface area contributed by atoms with Gasteiger partial charge in [-0.15, -0.1) is 0 Å². The average molecular weight is 318 g/mol. The van der Waals surface area contributed by atoms with Crippen molar-refractivity contribution in [2.45, 2.75) is 0 Å². The molecule has 6 nitrogen and oxygen atoms in total. The van der Waals surface area contributed by atoms with Crippen molar-refractivity contribution in [3.05, 3.63) is 47.0 Å². The predicted molar refractivity (Wildman–Crippen MR) is 73.8 cm³/mol. The molecule has 3 rings (SSSR count). The molecule has 2 N–H and O–H groups in total. The summed E-state index contributed by atoms with van der Waals surface area (Å²) in [5.41, 5.74) is 1.88. The number of carbonyl (C=O) groups excluding carboxylic acids is 1. The van der Waals surface area contributed by atoms with E-state index < -0.39 is 0 Å². The van der Waals surface area contributed by atoms with Gasteiger partial charge in [0.25, 0.3) is 5.91 Å². The third-order valence-corrected chi connectivity index (χ3v) is 2.88. The number of rotatable bonds is 2. The van der Waals surface area contributed by atoms with Gasteiger partial charge in [-0.05, 0) is 28.1 Å². The maximum absolute atomic E-state index is 11.9. The highest BCUT2D eigenvalue weighted by atomic mass is 79.9. The largest absolute Gasteiger partial charge is 0.324 e. The zero-order valence-electron chi connectivity index (χ0n) is 9.59. The summed E-state index contributed by atoms with van der Waals surface area (Å²) in [4.78, 5) is 27.1. The van der Waals surface area contributed by atoms with E-state index >= 15 is 0 Å². The third kappa shape index (κ3) is 2.45. The van der Waals surface area contributed by atoms with Gasteiger partial charge in [-0.3, -0.25) is 10.1 Å². The topological polar surface area (TPSA) is 83.6 Å². The van der Waals surface area contributed by atoms with Gasteiger partial charge >= 0.3 is 0 Å². The van der Waals surface area contributed by atoms with Crippen LogP contribution in [-0.4, -0.2) is 25.8 Å². The van der Waals surface area contributed by atoms with Gasteiger partial charge in [0.15, 0.2) is 0 Å². The number of aromatic nitrogens is 4. The molecule has 0 saturated carbocycles. The fourth-order valence-corrected chi connectivity index (χ4v) is 1.82. The minimum Gasteiger partial charge on any atom is -0.324 e. The molecule has 3 aromatic rings. The van der Waals surface area contributed by atoms with Crippen molar-refractivity contribution in [1.82, 2.24) is 19.9 Å². The summed E-state index contributed by atoms with van der Waals surface area (Å²) in [5, 5.41) is 2.64. The summed E-state index contributed by atoms with van der Waals surface area (Å²) in [7, 11) is 0. The summed E-state index contributed by atoms with van der Waals surface area (Å²) in [5.74, 6) is 0.0231. The molecule has 1 aromatic carbocycles. The van der Waals surface area contributed by atoms with E-state index in [1.54, 1.807) is 0 Å². The number of amides is 1. The van der Waals surface area contributed by atoms with E-state index in [-0.39, 0.29) is 11.6 Å². The van der Waals surface area contributed by atoms with Crippen molar-refractivity contribution in [1.29, 1.82) is 0 Å². The number of anilines is 1. The number of carbonyl (C=O) groups is 1. The summed E-state index contributed by atoms with van der Waals surface area (Å²) < 4.78 is 0.577. The van der Waals surface area contributed by atoms with Crippen LogP contribution in [0.15, 0.2) is 41.3 Å². The van der Waals surface area contributed by atoms with Crippen molar-refractivity contribution in [3.63, 3.8) is 0 Å². The fourth-order valence-electron chi connectivity index (χ4n) is 1.61. The highest BCUT2D eigenvalue weighted by molar-refractivity contribution is 9.10. The Labute approximate surface area is 116 Å². The summed E-state index contributed by atoms with van der Waals surface area (Å²) in [6.07, 6.45) is 2.86. The molecule has 0 saturated heterocycles. The van der Waals surface area contributed by atoms with Crippen LogP contribution < -0.4 is 5.32 Å². The Morgan fingerprint density at radius 3 is 2.79 bits per heavy atom. The van der Waals surface area contributed by atoms with Gasteiger partial charge < -0.3 is 4.98 Å². The first-order chi connectivity index (χ1) is 9.22. The number of benzene rings is 1. The van der Waals surface area contributed by atoms with E-state index in [0.717, 1.165) is 11.0 Å². The average Bonchev–Trinajstić information content (AvgIpc) is 2.81. The molecule has 0 fully saturated rings. The molecule has 0 bridgehead atoms. The molecule has 19 heavy (non-hydrogen) atoms. The Morgan fingerprint density at radius 1 is 1.21 bits per heavy atom. The normalized spacial score (nSPS) is 10.6. The number of para-hydroxylation sites is 2. The monoisotopic (exact) mass is 317 g/mol. The first-order valence-corrected chi connectivity index (χ1v) is 6.25. The van der Waals surface area contributed by atoms with E-state index in [4.69, 9.17) is 0 Å². The van der Waals surface area contributed by atoms with Crippen LogP contribution in [0.25, 0.3) is 11.0 Å². The lowest BCUT2D eigenvalue weighted by atomic mass is 10.3. The molecule has 2 aromatic heterocycles. The Hall–Kier alpha value is -2.28. The van der Waals surface area contributed by atoms with Crippen LogP contribution in [0.1, 0.15) is 10.5 Å². The standard InChI is InChI=1S/C12H8BrN5O/c13-10-6-14-9(5-15-10)11(19)18-12-16-7-3-1-2-4-8(7)17-12/h1-6H,(H2,16,17,18,19). The second kappa shape index (κ2) is 4.77. The van der Waals surface area contributed by atoms with Gasteiger partial charge in [0.05, 0.1) is 23.4 Å². The van der Waals surface area contributed by atoms with E-state index in [0.29, 0.717) is 10.6 Å². The minimum atomic E-state index is -0.362. The Morgan fingerprint density at radius 2 is 2.05 bits per heavy atom. The fraction of sp³-hybridized carbons (Fsp3) is 0. The molecular formula is C12H8BrN5O. The SMILES string of the molecule is O=C(Nc1nc2ccccc2[nH]1)c1cnc(Br)cn1. The van der Waals surface area contributed by atoms with Gasteiger partial charge in [-0.2, -0.15) is 0 Å². The lowest BCUT2D eigenvalue weighted by Gasteiger charge is -2.00. The number of hydrogen-bond acceptors (Lipinski definition) is 4.